The predicted molar refractivity (Wildman–Crippen MR) is 133 cm³/mol. The van der Waals surface area contributed by atoms with E-state index in [1.54, 1.807) is 12.1 Å². The zero-order valence-electron chi connectivity index (χ0n) is 20.2. The lowest BCUT2D eigenvalue weighted by molar-refractivity contribution is -0.139. The number of carbonyl (C=O) groups excluding carboxylic acids is 3. The lowest BCUT2D eigenvalue weighted by atomic mass is 9.78. The summed E-state index contributed by atoms with van der Waals surface area (Å²) in [6, 6.07) is 16.8. The second kappa shape index (κ2) is 11.9. The molecule has 35 heavy (non-hydrogen) atoms. The molecule has 3 N–H and O–H groups in total. The van der Waals surface area contributed by atoms with Crippen molar-refractivity contribution in [2.75, 3.05) is 13.1 Å². The molecule has 0 spiro atoms. The first kappa shape index (κ1) is 24.8. The third kappa shape index (κ3) is 7.31. The number of amides is 3. The average molecular weight is 478 g/mol. The quantitative estimate of drug-likeness (QED) is 0.534. The molecule has 0 radical (unpaired) electrons. The molecule has 0 aromatic heterocycles. The van der Waals surface area contributed by atoms with Crippen LogP contribution >= 0.6 is 0 Å². The lowest BCUT2D eigenvalue weighted by Crippen LogP contribution is -2.44. The summed E-state index contributed by atoms with van der Waals surface area (Å²) in [4.78, 5) is 39.6. The highest BCUT2D eigenvalue weighted by molar-refractivity contribution is 5.92. The van der Waals surface area contributed by atoms with Crippen LogP contribution in [0.4, 0.5) is 4.79 Å². The average Bonchev–Trinajstić information content (AvgIpc) is 3.70. The van der Waals surface area contributed by atoms with Crippen LogP contribution in [0.3, 0.4) is 0 Å². The van der Waals surface area contributed by atoms with Crippen LogP contribution in [0, 0.1) is 17.8 Å². The number of benzene rings is 2. The second-order valence-electron chi connectivity index (χ2n) is 9.82. The lowest BCUT2D eigenvalue weighted by Gasteiger charge is -2.35. The first-order valence-electron chi connectivity index (χ1n) is 12.6. The van der Waals surface area contributed by atoms with Gasteiger partial charge >= 0.3 is 6.09 Å². The summed E-state index contributed by atoms with van der Waals surface area (Å²) >= 11 is 0. The van der Waals surface area contributed by atoms with Crippen molar-refractivity contribution in [1.29, 1.82) is 0 Å². The van der Waals surface area contributed by atoms with E-state index < -0.39 is 12.0 Å². The van der Waals surface area contributed by atoms with Crippen LogP contribution in [0.15, 0.2) is 54.6 Å². The standard InChI is InChI=1S/C28H35N3O4/c29-26(32)23-11-6-9-22(15-23)18-31(17-20-13-14-20)27(33)25-12-5-4-10-24(25)16-30-28(34)35-19-21-7-2-1-3-8-21/h1-3,6-9,11,15,20,24-25H,4-5,10,12-14,16-19H2,(H2,29,32)(H,30,34)/t24-,25-/m0/s1. The van der Waals surface area contributed by atoms with Crippen molar-refractivity contribution >= 4 is 17.9 Å². The number of hydrogen-bond acceptors (Lipinski definition) is 4. The van der Waals surface area contributed by atoms with Crippen molar-refractivity contribution in [3.8, 4) is 0 Å². The highest BCUT2D eigenvalue weighted by Gasteiger charge is 2.36. The molecule has 0 saturated heterocycles. The summed E-state index contributed by atoms with van der Waals surface area (Å²) in [6.45, 7) is 1.85. The number of ether oxygens (including phenoxy) is 1. The Morgan fingerprint density at radius 2 is 1.69 bits per heavy atom. The summed E-state index contributed by atoms with van der Waals surface area (Å²) in [5, 5.41) is 2.89. The maximum atomic E-state index is 13.7. The van der Waals surface area contributed by atoms with Gasteiger partial charge in [0.15, 0.2) is 0 Å². The number of nitrogens with two attached hydrogens (primary N) is 1. The Balaban J connectivity index is 1.37. The summed E-state index contributed by atoms with van der Waals surface area (Å²) < 4.78 is 5.35. The van der Waals surface area contributed by atoms with E-state index in [9.17, 15) is 14.4 Å². The summed E-state index contributed by atoms with van der Waals surface area (Å²) in [5.74, 6) is 0.178. The minimum atomic E-state index is -0.468. The molecule has 2 aliphatic rings. The van der Waals surface area contributed by atoms with Crippen molar-refractivity contribution in [1.82, 2.24) is 10.2 Å². The number of nitrogens with zero attached hydrogens (tertiary/aromatic N) is 1. The smallest absolute Gasteiger partial charge is 0.407 e. The number of alkyl carbamates (subject to hydrolysis) is 1. The fourth-order valence-corrected chi connectivity index (χ4v) is 4.89. The first-order valence-corrected chi connectivity index (χ1v) is 12.6. The van der Waals surface area contributed by atoms with E-state index in [0.717, 1.165) is 56.2 Å². The summed E-state index contributed by atoms with van der Waals surface area (Å²) in [5.41, 5.74) is 7.74. The van der Waals surface area contributed by atoms with Gasteiger partial charge in [-0.25, -0.2) is 4.79 Å². The van der Waals surface area contributed by atoms with Crippen LogP contribution in [0.5, 0.6) is 0 Å². The molecule has 186 valence electrons. The van der Waals surface area contributed by atoms with Gasteiger partial charge in [0.05, 0.1) is 0 Å². The second-order valence-corrected chi connectivity index (χ2v) is 9.82. The molecule has 2 aliphatic carbocycles. The monoisotopic (exact) mass is 477 g/mol. The number of nitrogens with one attached hydrogen (secondary N) is 1. The zero-order chi connectivity index (χ0) is 24.6. The Morgan fingerprint density at radius 1 is 0.943 bits per heavy atom. The summed E-state index contributed by atoms with van der Waals surface area (Å²) in [6.07, 6.45) is 5.64. The maximum Gasteiger partial charge on any atom is 0.407 e. The van der Waals surface area contributed by atoms with Crippen molar-refractivity contribution in [2.45, 2.75) is 51.7 Å². The fourth-order valence-electron chi connectivity index (χ4n) is 4.89. The normalized spacial score (nSPS) is 19.5. The number of carbonyl (C=O) groups is 3. The van der Waals surface area contributed by atoms with Gasteiger partial charge in [-0.05, 0) is 60.8 Å². The molecule has 0 heterocycles. The third-order valence-electron chi connectivity index (χ3n) is 7.02. The third-order valence-corrected chi connectivity index (χ3v) is 7.02. The summed E-state index contributed by atoms with van der Waals surface area (Å²) in [7, 11) is 0. The molecule has 7 heteroatoms. The zero-order valence-corrected chi connectivity index (χ0v) is 20.2. The van der Waals surface area contributed by atoms with Crippen molar-refractivity contribution in [3.05, 3.63) is 71.3 Å². The van der Waals surface area contributed by atoms with Gasteiger partial charge in [-0.1, -0.05) is 55.3 Å². The molecule has 0 bridgehead atoms. The SMILES string of the molecule is NC(=O)c1cccc(CN(CC2CC2)C(=O)[C@H]2CCCC[C@H]2CNC(=O)OCc2ccccc2)c1. The van der Waals surface area contributed by atoms with Gasteiger partial charge in [0.2, 0.25) is 11.8 Å². The Bertz CT molecular complexity index is 1020. The molecule has 2 aromatic rings. The van der Waals surface area contributed by atoms with Gasteiger partial charge in [-0.3, -0.25) is 9.59 Å². The Morgan fingerprint density at radius 3 is 2.43 bits per heavy atom. The van der Waals surface area contributed by atoms with Crippen LogP contribution in [-0.2, 0) is 22.7 Å². The van der Waals surface area contributed by atoms with Crippen LogP contribution in [0.1, 0.15) is 60.0 Å². The van der Waals surface area contributed by atoms with Gasteiger partial charge in [-0.2, -0.15) is 0 Å². The number of rotatable bonds is 10. The van der Waals surface area contributed by atoms with Gasteiger partial charge in [0.1, 0.15) is 6.61 Å². The minimum absolute atomic E-state index is 0.0826. The van der Waals surface area contributed by atoms with Crippen molar-refractivity contribution in [3.63, 3.8) is 0 Å². The van der Waals surface area contributed by atoms with Crippen molar-refractivity contribution < 1.29 is 19.1 Å². The Hall–Kier alpha value is -3.35. The molecule has 2 saturated carbocycles. The molecule has 2 aromatic carbocycles. The van der Waals surface area contributed by atoms with Crippen LogP contribution in [0.2, 0.25) is 0 Å². The Labute approximate surface area is 207 Å². The van der Waals surface area contributed by atoms with Gasteiger partial charge in [0.25, 0.3) is 0 Å². The van der Waals surface area contributed by atoms with Gasteiger partial charge in [-0.15, -0.1) is 0 Å². The first-order chi connectivity index (χ1) is 17.0. The van der Waals surface area contributed by atoms with Crippen molar-refractivity contribution in [2.24, 2.45) is 23.5 Å². The van der Waals surface area contributed by atoms with E-state index in [1.807, 2.05) is 47.4 Å². The van der Waals surface area contributed by atoms with Gasteiger partial charge in [0, 0.05) is 31.1 Å². The molecule has 2 atom stereocenters. The molecule has 4 rings (SSSR count). The number of primary amides is 1. The number of hydrogen-bond donors (Lipinski definition) is 2. The highest BCUT2D eigenvalue weighted by Crippen LogP contribution is 2.35. The van der Waals surface area contributed by atoms with E-state index in [2.05, 4.69) is 5.32 Å². The molecule has 0 unspecified atom stereocenters. The van der Waals surface area contributed by atoms with Crippen LogP contribution in [-0.4, -0.2) is 35.9 Å². The minimum Gasteiger partial charge on any atom is -0.445 e. The van der Waals surface area contributed by atoms with E-state index in [-0.39, 0.29) is 24.3 Å². The molecule has 3 amide bonds. The van der Waals surface area contributed by atoms with E-state index >= 15 is 0 Å². The molecule has 7 nitrogen and oxygen atoms in total. The fraction of sp³-hybridized carbons (Fsp3) is 0.464. The molecular formula is C28H35N3O4. The topological polar surface area (TPSA) is 102 Å². The van der Waals surface area contributed by atoms with E-state index in [0.29, 0.717) is 24.6 Å². The Kier molecular flexibility index (Phi) is 8.40. The van der Waals surface area contributed by atoms with Gasteiger partial charge < -0.3 is 20.7 Å². The molecular weight excluding hydrogens is 442 g/mol. The largest absolute Gasteiger partial charge is 0.445 e. The van der Waals surface area contributed by atoms with E-state index in [4.69, 9.17) is 10.5 Å². The van der Waals surface area contributed by atoms with Crippen LogP contribution in [0.25, 0.3) is 0 Å². The van der Waals surface area contributed by atoms with Crippen LogP contribution < -0.4 is 11.1 Å². The maximum absolute atomic E-state index is 13.7. The van der Waals surface area contributed by atoms with E-state index in [1.165, 1.54) is 0 Å². The molecule has 0 aliphatic heterocycles. The molecule has 2 fully saturated rings. The predicted octanol–water partition coefficient (Wildman–Crippen LogP) is 4.26. The highest BCUT2D eigenvalue weighted by atomic mass is 16.5.